The van der Waals surface area contributed by atoms with Crippen molar-refractivity contribution in [2.75, 3.05) is 23.9 Å². The third-order valence-corrected chi connectivity index (χ3v) is 4.83. The summed E-state index contributed by atoms with van der Waals surface area (Å²) in [6.45, 7) is 3.55. The van der Waals surface area contributed by atoms with E-state index >= 15 is 0 Å². The standard InChI is InChI=1S/C22H22N4O2/c1-15-12-20(25-22(23-15)24-19-6-4-3-5-7-19)26-11-10-16-13-17(21(27)28-2)8-9-18(16)14-26/h3-9,12-13H,10-11,14H2,1-2H3,(H,23,24,25). The lowest BCUT2D eigenvalue weighted by molar-refractivity contribution is 0.0600. The van der Waals surface area contributed by atoms with Crippen molar-refractivity contribution in [1.82, 2.24) is 9.97 Å². The third kappa shape index (κ3) is 3.81. The number of nitrogens with zero attached hydrogens (tertiary/aromatic N) is 3. The first-order chi connectivity index (χ1) is 13.6. The second-order valence-electron chi connectivity index (χ2n) is 6.83. The molecule has 1 aliphatic rings. The van der Waals surface area contributed by atoms with Crippen molar-refractivity contribution in [2.45, 2.75) is 19.9 Å². The first kappa shape index (κ1) is 18.0. The van der Waals surface area contributed by atoms with Crippen LogP contribution < -0.4 is 10.2 Å². The number of fused-ring (bicyclic) bond motifs is 1. The predicted molar refractivity (Wildman–Crippen MR) is 109 cm³/mol. The molecule has 0 fully saturated rings. The first-order valence-corrected chi connectivity index (χ1v) is 9.25. The molecule has 0 aliphatic carbocycles. The molecule has 4 rings (SSSR count). The molecule has 3 aromatic rings. The minimum Gasteiger partial charge on any atom is -0.465 e. The Bertz CT molecular complexity index is 1000. The van der Waals surface area contributed by atoms with Gasteiger partial charge < -0.3 is 15.0 Å². The molecule has 28 heavy (non-hydrogen) atoms. The van der Waals surface area contributed by atoms with Crippen LogP contribution >= 0.6 is 0 Å². The zero-order valence-corrected chi connectivity index (χ0v) is 16.0. The minimum absolute atomic E-state index is 0.298. The zero-order valence-electron chi connectivity index (χ0n) is 16.0. The number of aryl methyl sites for hydroxylation is 1. The van der Waals surface area contributed by atoms with Gasteiger partial charge in [-0.3, -0.25) is 0 Å². The maximum atomic E-state index is 11.8. The summed E-state index contributed by atoms with van der Waals surface area (Å²) in [5, 5.41) is 3.27. The number of ether oxygens (including phenoxy) is 1. The molecule has 0 radical (unpaired) electrons. The summed E-state index contributed by atoms with van der Waals surface area (Å²) in [4.78, 5) is 23.2. The van der Waals surface area contributed by atoms with E-state index in [2.05, 4.69) is 15.2 Å². The molecule has 0 saturated heterocycles. The number of rotatable bonds is 4. The average molecular weight is 374 g/mol. The normalized spacial score (nSPS) is 13.0. The van der Waals surface area contributed by atoms with Gasteiger partial charge in [0, 0.05) is 30.5 Å². The van der Waals surface area contributed by atoms with Crippen LogP contribution in [-0.4, -0.2) is 29.6 Å². The van der Waals surface area contributed by atoms with E-state index in [0.29, 0.717) is 11.5 Å². The molecule has 2 aromatic carbocycles. The van der Waals surface area contributed by atoms with Crippen LogP contribution in [0.15, 0.2) is 54.6 Å². The van der Waals surface area contributed by atoms with E-state index in [1.807, 2.05) is 61.5 Å². The molecule has 0 unspecified atom stereocenters. The summed E-state index contributed by atoms with van der Waals surface area (Å²) in [6.07, 6.45) is 0.852. The van der Waals surface area contributed by atoms with Gasteiger partial charge in [0.2, 0.25) is 5.95 Å². The molecule has 0 spiro atoms. The maximum Gasteiger partial charge on any atom is 0.337 e. The predicted octanol–water partition coefficient (Wildman–Crippen LogP) is 3.88. The molecule has 2 heterocycles. The average Bonchev–Trinajstić information content (AvgIpc) is 2.72. The van der Waals surface area contributed by atoms with Crippen LogP contribution in [-0.2, 0) is 17.7 Å². The molecule has 6 nitrogen and oxygen atoms in total. The number of anilines is 3. The molecule has 6 heteroatoms. The Morgan fingerprint density at radius 2 is 1.89 bits per heavy atom. The van der Waals surface area contributed by atoms with Gasteiger partial charge in [0.25, 0.3) is 0 Å². The van der Waals surface area contributed by atoms with Gasteiger partial charge in [-0.25, -0.2) is 9.78 Å². The molecule has 0 amide bonds. The van der Waals surface area contributed by atoms with Crippen molar-refractivity contribution in [3.8, 4) is 0 Å². The van der Waals surface area contributed by atoms with E-state index in [4.69, 9.17) is 9.72 Å². The van der Waals surface area contributed by atoms with Crippen molar-refractivity contribution < 1.29 is 9.53 Å². The fourth-order valence-corrected chi connectivity index (χ4v) is 3.41. The summed E-state index contributed by atoms with van der Waals surface area (Å²) in [7, 11) is 1.40. The highest BCUT2D eigenvalue weighted by molar-refractivity contribution is 5.89. The SMILES string of the molecule is COC(=O)c1ccc2c(c1)CCN(c1cc(C)nc(Nc3ccccc3)n1)C2. The molecule has 1 aliphatic heterocycles. The van der Waals surface area contributed by atoms with E-state index in [1.54, 1.807) is 0 Å². The first-order valence-electron chi connectivity index (χ1n) is 9.25. The van der Waals surface area contributed by atoms with E-state index in [9.17, 15) is 4.79 Å². The highest BCUT2D eigenvalue weighted by Crippen LogP contribution is 2.26. The van der Waals surface area contributed by atoms with Gasteiger partial charge >= 0.3 is 5.97 Å². The van der Waals surface area contributed by atoms with Gasteiger partial charge in [-0.1, -0.05) is 24.3 Å². The fraction of sp³-hybridized carbons (Fsp3) is 0.227. The largest absolute Gasteiger partial charge is 0.465 e. The number of aromatic nitrogens is 2. The Kier molecular flexibility index (Phi) is 4.93. The zero-order chi connectivity index (χ0) is 19.5. The Labute approximate surface area is 164 Å². The molecule has 1 N–H and O–H groups in total. The third-order valence-electron chi connectivity index (χ3n) is 4.83. The maximum absolute atomic E-state index is 11.8. The minimum atomic E-state index is -0.298. The van der Waals surface area contributed by atoms with Crippen LogP contribution in [0.4, 0.5) is 17.5 Å². The highest BCUT2D eigenvalue weighted by atomic mass is 16.5. The van der Waals surface area contributed by atoms with E-state index in [0.717, 1.165) is 36.7 Å². The molecule has 0 saturated carbocycles. The number of methoxy groups -OCH3 is 1. The molecular formula is C22H22N4O2. The lowest BCUT2D eigenvalue weighted by Gasteiger charge is -2.30. The van der Waals surface area contributed by atoms with Crippen molar-refractivity contribution in [1.29, 1.82) is 0 Å². The lowest BCUT2D eigenvalue weighted by atomic mass is 9.97. The number of para-hydroxylation sites is 1. The summed E-state index contributed by atoms with van der Waals surface area (Å²) in [5.74, 6) is 1.19. The second kappa shape index (κ2) is 7.68. The Morgan fingerprint density at radius 1 is 1.07 bits per heavy atom. The molecule has 1 aromatic heterocycles. The Hall–Kier alpha value is -3.41. The fourth-order valence-electron chi connectivity index (χ4n) is 3.41. The lowest BCUT2D eigenvalue weighted by Crippen LogP contribution is -2.31. The Balaban J connectivity index is 1.56. The summed E-state index contributed by atoms with van der Waals surface area (Å²) >= 11 is 0. The van der Waals surface area contributed by atoms with Crippen LogP contribution in [0, 0.1) is 6.92 Å². The number of hydrogen-bond donors (Lipinski definition) is 1. The van der Waals surface area contributed by atoms with Gasteiger partial charge in [-0.05, 0) is 48.7 Å². The van der Waals surface area contributed by atoms with Crippen LogP contribution in [0.3, 0.4) is 0 Å². The Morgan fingerprint density at radius 3 is 2.68 bits per heavy atom. The van der Waals surface area contributed by atoms with E-state index in [-0.39, 0.29) is 5.97 Å². The quantitative estimate of drug-likeness (QED) is 0.699. The second-order valence-corrected chi connectivity index (χ2v) is 6.83. The van der Waals surface area contributed by atoms with Crippen LogP contribution in [0.5, 0.6) is 0 Å². The molecule has 0 atom stereocenters. The number of benzene rings is 2. The van der Waals surface area contributed by atoms with Crippen molar-refractivity contribution >= 4 is 23.4 Å². The van der Waals surface area contributed by atoms with Crippen LogP contribution in [0.2, 0.25) is 0 Å². The molecule has 0 bridgehead atoms. The van der Waals surface area contributed by atoms with Crippen LogP contribution in [0.25, 0.3) is 0 Å². The molecule has 142 valence electrons. The van der Waals surface area contributed by atoms with Gasteiger partial charge in [0.1, 0.15) is 5.82 Å². The number of carbonyl (C=O) groups is 1. The van der Waals surface area contributed by atoms with Crippen molar-refractivity contribution in [3.05, 3.63) is 77.0 Å². The summed E-state index contributed by atoms with van der Waals surface area (Å²) in [6, 6.07) is 17.7. The van der Waals surface area contributed by atoms with Gasteiger partial charge in [-0.15, -0.1) is 0 Å². The smallest absolute Gasteiger partial charge is 0.337 e. The van der Waals surface area contributed by atoms with E-state index < -0.39 is 0 Å². The number of hydrogen-bond acceptors (Lipinski definition) is 6. The monoisotopic (exact) mass is 374 g/mol. The van der Waals surface area contributed by atoms with Crippen molar-refractivity contribution in [3.63, 3.8) is 0 Å². The number of carbonyl (C=O) groups excluding carboxylic acids is 1. The number of nitrogens with one attached hydrogen (secondary N) is 1. The topological polar surface area (TPSA) is 67.3 Å². The highest BCUT2D eigenvalue weighted by Gasteiger charge is 2.20. The summed E-state index contributed by atoms with van der Waals surface area (Å²) < 4.78 is 4.82. The van der Waals surface area contributed by atoms with Crippen molar-refractivity contribution in [2.24, 2.45) is 0 Å². The van der Waals surface area contributed by atoms with Gasteiger partial charge in [-0.2, -0.15) is 4.98 Å². The molecular weight excluding hydrogens is 352 g/mol. The van der Waals surface area contributed by atoms with Gasteiger partial charge in [0.05, 0.1) is 12.7 Å². The summed E-state index contributed by atoms with van der Waals surface area (Å²) in [5.41, 5.74) is 4.86. The van der Waals surface area contributed by atoms with E-state index in [1.165, 1.54) is 18.2 Å². The number of esters is 1. The van der Waals surface area contributed by atoms with Gasteiger partial charge in [0.15, 0.2) is 0 Å². The van der Waals surface area contributed by atoms with Crippen LogP contribution in [0.1, 0.15) is 27.2 Å².